The fourth-order valence-electron chi connectivity index (χ4n) is 1.23. The van der Waals surface area contributed by atoms with E-state index in [0.717, 1.165) is 25.5 Å². The molecule has 0 aliphatic carbocycles. The van der Waals surface area contributed by atoms with Crippen LogP contribution in [0.15, 0.2) is 22.4 Å². The summed E-state index contributed by atoms with van der Waals surface area (Å²) in [6.45, 7) is 0. The highest BCUT2D eigenvalue weighted by molar-refractivity contribution is 9.08. The van der Waals surface area contributed by atoms with Crippen LogP contribution in [0.3, 0.4) is 0 Å². The number of thiophene rings is 1. The fourth-order valence-corrected chi connectivity index (χ4v) is 3.36. The molecule has 0 aliphatic rings. The molecule has 1 heterocycles. The molecule has 4 heteroatoms. The van der Waals surface area contributed by atoms with E-state index in [2.05, 4.69) is 46.1 Å². The first-order valence-electron chi connectivity index (χ1n) is 3.67. The van der Waals surface area contributed by atoms with Crippen molar-refractivity contribution in [3.05, 3.63) is 28.1 Å². The van der Waals surface area contributed by atoms with Crippen LogP contribution in [0.4, 0.5) is 0 Å². The van der Waals surface area contributed by atoms with Gasteiger partial charge in [-0.1, -0.05) is 27.5 Å². The summed E-state index contributed by atoms with van der Waals surface area (Å²) in [4.78, 5) is 0.892. The topological polar surface area (TPSA) is 0 Å². The SMILES string of the molecule is Sc1c(Cl)c(CBr)cc2ccsc12. The van der Waals surface area contributed by atoms with E-state index < -0.39 is 0 Å². The van der Waals surface area contributed by atoms with Crippen LogP contribution in [-0.2, 0) is 5.33 Å². The fraction of sp³-hybridized carbons (Fsp3) is 0.111. The normalized spacial score (nSPS) is 11.0. The molecule has 0 N–H and O–H groups in total. The summed E-state index contributed by atoms with van der Waals surface area (Å²) in [6.07, 6.45) is 0. The molecule has 0 radical (unpaired) electrons. The molecule has 0 nitrogen and oxygen atoms in total. The highest BCUT2D eigenvalue weighted by atomic mass is 79.9. The Morgan fingerprint density at radius 3 is 3.00 bits per heavy atom. The van der Waals surface area contributed by atoms with Gasteiger partial charge in [-0.3, -0.25) is 0 Å². The zero-order valence-electron chi connectivity index (χ0n) is 6.55. The van der Waals surface area contributed by atoms with Gasteiger partial charge in [-0.05, 0) is 28.5 Å². The molecule has 0 atom stereocenters. The minimum atomic E-state index is 0.759. The van der Waals surface area contributed by atoms with Crippen molar-refractivity contribution in [3.8, 4) is 0 Å². The Labute approximate surface area is 99.4 Å². The quantitative estimate of drug-likeness (QED) is 0.570. The lowest BCUT2D eigenvalue weighted by atomic mass is 10.2. The summed E-state index contributed by atoms with van der Waals surface area (Å²) in [6, 6.07) is 4.19. The first kappa shape index (κ1) is 9.84. The Kier molecular flexibility index (Phi) is 2.88. The van der Waals surface area contributed by atoms with Gasteiger partial charge in [-0.2, -0.15) is 0 Å². The van der Waals surface area contributed by atoms with Gasteiger partial charge < -0.3 is 0 Å². The minimum absolute atomic E-state index is 0.759. The number of halogens is 2. The average molecular weight is 294 g/mol. The number of hydrogen-bond donors (Lipinski definition) is 1. The second-order valence-corrected chi connectivity index (χ2v) is 4.97. The van der Waals surface area contributed by atoms with Gasteiger partial charge in [0, 0.05) is 14.9 Å². The van der Waals surface area contributed by atoms with Crippen molar-refractivity contribution in [2.24, 2.45) is 0 Å². The Hall–Kier alpha value is 0.300. The van der Waals surface area contributed by atoms with Gasteiger partial charge in [-0.15, -0.1) is 24.0 Å². The Morgan fingerprint density at radius 2 is 2.31 bits per heavy atom. The molecule has 0 fully saturated rings. The van der Waals surface area contributed by atoms with E-state index in [1.165, 1.54) is 5.39 Å². The Balaban J connectivity index is 2.83. The van der Waals surface area contributed by atoms with Crippen molar-refractivity contribution >= 4 is 61.6 Å². The second kappa shape index (κ2) is 3.81. The number of alkyl halides is 1. The molecule has 0 saturated carbocycles. The second-order valence-electron chi connectivity index (χ2n) is 2.67. The maximum atomic E-state index is 6.13. The number of benzene rings is 1. The van der Waals surface area contributed by atoms with E-state index in [0.29, 0.717) is 0 Å². The maximum Gasteiger partial charge on any atom is 0.0594 e. The summed E-state index contributed by atoms with van der Waals surface area (Å²) >= 11 is 15.6. The first-order valence-corrected chi connectivity index (χ1v) is 6.50. The van der Waals surface area contributed by atoms with Crippen LogP contribution in [0, 0.1) is 0 Å². The van der Waals surface area contributed by atoms with Crippen molar-refractivity contribution in [1.82, 2.24) is 0 Å². The molecular weight excluding hydrogens is 288 g/mol. The standard InChI is InChI=1S/C9H6BrClS2/c10-4-6-3-5-1-2-13-9(5)8(12)7(6)11/h1-3,12H,4H2. The third-order valence-corrected chi connectivity index (χ3v) is 4.59. The highest BCUT2D eigenvalue weighted by Gasteiger charge is 2.08. The van der Waals surface area contributed by atoms with Crippen molar-refractivity contribution in [2.75, 3.05) is 0 Å². The highest BCUT2D eigenvalue weighted by Crippen LogP contribution is 2.36. The molecule has 2 rings (SSSR count). The molecule has 0 unspecified atom stereocenters. The number of fused-ring (bicyclic) bond motifs is 1. The van der Waals surface area contributed by atoms with Crippen molar-refractivity contribution in [2.45, 2.75) is 10.2 Å². The van der Waals surface area contributed by atoms with Gasteiger partial charge in [0.15, 0.2) is 0 Å². The van der Waals surface area contributed by atoms with Crippen LogP contribution in [-0.4, -0.2) is 0 Å². The van der Waals surface area contributed by atoms with Crippen LogP contribution >= 0.6 is 51.5 Å². The monoisotopic (exact) mass is 292 g/mol. The molecule has 1 aromatic heterocycles. The predicted molar refractivity (Wildman–Crippen MR) is 66.7 cm³/mol. The summed E-state index contributed by atoms with van der Waals surface area (Å²) < 4.78 is 1.16. The number of rotatable bonds is 1. The molecular formula is C9H6BrClS2. The maximum absolute atomic E-state index is 6.13. The Bertz CT molecular complexity index is 450. The molecule has 0 aliphatic heterocycles. The van der Waals surface area contributed by atoms with E-state index in [9.17, 15) is 0 Å². The van der Waals surface area contributed by atoms with Gasteiger partial charge in [0.25, 0.3) is 0 Å². The Morgan fingerprint density at radius 1 is 1.54 bits per heavy atom. The van der Waals surface area contributed by atoms with Crippen LogP contribution in [0.1, 0.15) is 5.56 Å². The zero-order valence-corrected chi connectivity index (χ0v) is 10.6. The largest absolute Gasteiger partial charge is 0.143 e. The lowest BCUT2D eigenvalue weighted by Gasteiger charge is -2.04. The third kappa shape index (κ3) is 1.63. The van der Waals surface area contributed by atoms with Gasteiger partial charge in [0.05, 0.1) is 5.02 Å². The van der Waals surface area contributed by atoms with E-state index >= 15 is 0 Å². The lowest BCUT2D eigenvalue weighted by molar-refractivity contribution is 1.41. The third-order valence-electron chi connectivity index (χ3n) is 1.87. The molecule has 13 heavy (non-hydrogen) atoms. The van der Waals surface area contributed by atoms with Gasteiger partial charge in [0.1, 0.15) is 0 Å². The molecule has 0 saturated heterocycles. The van der Waals surface area contributed by atoms with Gasteiger partial charge in [-0.25, -0.2) is 0 Å². The van der Waals surface area contributed by atoms with Crippen LogP contribution < -0.4 is 0 Å². The lowest BCUT2D eigenvalue weighted by Crippen LogP contribution is -1.81. The average Bonchev–Trinajstić information content (AvgIpc) is 2.59. The van der Waals surface area contributed by atoms with Crippen molar-refractivity contribution < 1.29 is 0 Å². The smallest absolute Gasteiger partial charge is 0.0594 e. The van der Waals surface area contributed by atoms with Crippen molar-refractivity contribution in [1.29, 1.82) is 0 Å². The molecule has 2 aromatic rings. The van der Waals surface area contributed by atoms with Crippen LogP contribution in [0.5, 0.6) is 0 Å². The van der Waals surface area contributed by atoms with Crippen molar-refractivity contribution in [3.63, 3.8) is 0 Å². The zero-order chi connectivity index (χ0) is 9.42. The number of hydrogen-bond acceptors (Lipinski definition) is 2. The summed E-state index contributed by atoms with van der Waals surface area (Å²) in [7, 11) is 0. The van der Waals surface area contributed by atoms with Crippen LogP contribution in [0.25, 0.3) is 10.1 Å². The summed E-state index contributed by atoms with van der Waals surface area (Å²) in [5, 5.41) is 4.80. The van der Waals surface area contributed by atoms with E-state index in [4.69, 9.17) is 11.6 Å². The summed E-state index contributed by atoms with van der Waals surface area (Å²) in [5.74, 6) is 0. The first-order chi connectivity index (χ1) is 6.24. The molecule has 1 aromatic carbocycles. The number of thiol groups is 1. The van der Waals surface area contributed by atoms with Crippen LogP contribution in [0.2, 0.25) is 5.02 Å². The van der Waals surface area contributed by atoms with E-state index in [1.54, 1.807) is 11.3 Å². The molecule has 0 amide bonds. The molecule has 0 bridgehead atoms. The minimum Gasteiger partial charge on any atom is -0.143 e. The summed E-state index contributed by atoms with van der Waals surface area (Å²) in [5.41, 5.74) is 1.09. The predicted octanol–water partition coefficient (Wildman–Crippen LogP) is 4.74. The van der Waals surface area contributed by atoms with E-state index in [-0.39, 0.29) is 0 Å². The van der Waals surface area contributed by atoms with Gasteiger partial charge >= 0.3 is 0 Å². The van der Waals surface area contributed by atoms with E-state index in [1.807, 2.05) is 0 Å². The molecule has 68 valence electrons. The van der Waals surface area contributed by atoms with Gasteiger partial charge in [0.2, 0.25) is 0 Å². The molecule has 0 spiro atoms.